The number of nitrogens with zero attached hydrogens (tertiary/aromatic N) is 4. The summed E-state index contributed by atoms with van der Waals surface area (Å²) in [5.41, 5.74) is 1.74. The number of benzene rings is 2. The van der Waals surface area contributed by atoms with Crippen molar-refractivity contribution in [3.8, 4) is 0 Å². The maximum absolute atomic E-state index is 12.7. The maximum atomic E-state index is 12.7. The first-order valence-electron chi connectivity index (χ1n) is 10.7. The Kier molecular flexibility index (Phi) is 5.11. The highest BCUT2D eigenvalue weighted by atomic mass is 16.2. The molecule has 0 atom stereocenters. The van der Waals surface area contributed by atoms with E-state index in [2.05, 4.69) is 9.88 Å². The lowest BCUT2D eigenvalue weighted by atomic mass is 9.96. The fraction of sp³-hybridized carbons (Fsp3) is 0.333. The minimum atomic E-state index is -0.196. The van der Waals surface area contributed by atoms with Crippen LogP contribution in [-0.4, -0.2) is 57.3 Å². The highest BCUT2D eigenvalue weighted by molar-refractivity contribution is 6.21. The molecular weight excluding hydrogens is 392 g/mol. The van der Waals surface area contributed by atoms with Gasteiger partial charge in [-0.15, -0.1) is 0 Å². The number of para-hydroxylation sites is 1. The summed E-state index contributed by atoms with van der Waals surface area (Å²) in [5, 5.41) is 0.656. The molecule has 3 heterocycles. The lowest BCUT2D eigenvalue weighted by molar-refractivity contribution is 0.0624. The molecule has 0 radical (unpaired) electrons. The molecule has 5 rings (SSSR count). The number of piperidine rings is 1. The van der Waals surface area contributed by atoms with E-state index in [-0.39, 0.29) is 17.4 Å². The molecule has 158 valence electrons. The van der Waals surface area contributed by atoms with E-state index in [1.54, 1.807) is 35.2 Å². The Morgan fingerprint density at radius 3 is 2.19 bits per heavy atom. The predicted molar refractivity (Wildman–Crippen MR) is 117 cm³/mol. The highest BCUT2D eigenvalue weighted by Crippen LogP contribution is 2.23. The standard InChI is InChI=1S/C24H24N4O3/c29-22-20-7-3-4-8-21(20)25-16-27(22)15-17-9-11-26(12-10-17)13-14-28-23(30)18-5-1-2-6-19(18)24(28)31/h1-8,16-17H,9-15H2. The number of carbonyl (C=O) groups excluding carboxylic acids is 2. The molecule has 0 N–H and O–H groups in total. The van der Waals surface area contributed by atoms with Gasteiger partial charge < -0.3 is 4.90 Å². The minimum Gasteiger partial charge on any atom is -0.302 e. The molecule has 2 aliphatic rings. The number of hydrogen-bond donors (Lipinski definition) is 0. The predicted octanol–water partition coefficient (Wildman–Crippen LogP) is 2.40. The van der Waals surface area contributed by atoms with Gasteiger partial charge in [0.1, 0.15) is 0 Å². The average molecular weight is 416 g/mol. The third kappa shape index (κ3) is 3.65. The molecule has 0 unspecified atom stereocenters. The van der Waals surface area contributed by atoms with Crippen LogP contribution in [0, 0.1) is 5.92 Å². The van der Waals surface area contributed by atoms with Gasteiger partial charge in [-0.3, -0.25) is 23.9 Å². The minimum absolute atomic E-state index is 0.0126. The summed E-state index contributed by atoms with van der Waals surface area (Å²) in [7, 11) is 0. The van der Waals surface area contributed by atoms with Gasteiger partial charge in [0.15, 0.2) is 0 Å². The second-order valence-electron chi connectivity index (χ2n) is 8.31. The van der Waals surface area contributed by atoms with Crippen molar-refractivity contribution in [3.63, 3.8) is 0 Å². The van der Waals surface area contributed by atoms with Gasteiger partial charge in [-0.1, -0.05) is 24.3 Å². The van der Waals surface area contributed by atoms with Gasteiger partial charge in [-0.2, -0.15) is 0 Å². The Balaban J connectivity index is 1.16. The zero-order valence-corrected chi connectivity index (χ0v) is 17.2. The van der Waals surface area contributed by atoms with E-state index in [4.69, 9.17) is 0 Å². The smallest absolute Gasteiger partial charge is 0.261 e. The maximum Gasteiger partial charge on any atom is 0.261 e. The summed E-state index contributed by atoms with van der Waals surface area (Å²) in [6.45, 7) is 3.54. The molecule has 7 heteroatoms. The normalized spacial score (nSPS) is 17.5. The van der Waals surface area contributed by atoms with E-state index < -0.39 is 0 Å². The molecule has 1 saturated heterocycles. The van der Waals surface area contributed by atoms with E-state index in [1.807, 2.05) is 24.3 Å². The molecule has 0 saturated carbocycles. The summed E-state index contributed by atoms with van der Waals surface area (Å²) in [6, 6.07) is 14.4. The van der Waals surface area contributed by atoms with Crippen molar-refractivity contribution in [3.05, 3.63) is 76.3 Å². The quantitative estimate of drug-likeness (QED) is 0.597. The van der Waals surface area contributed by atoms with Crippen molar-refractivity contribution in [1.29, 1.82) is 0 Å². The summed E-state index contributed by atoms with van der Waals surface area (Å²) in [6.07, 6.45) is 3.60. The number of imide groups is 1. The first-order valence-corrected chi connectivity index (χ1v) is 10.7. The molecule has 0 bridgehead atoms. The number of rotatable bonds is 5. The van der Waals surface area contributed by atoms with Crippen LogP contribution in [0.3, 0.4) is 0 Å². The van der Waals surface area contributed by atoms with Gasteiger partial charge in [0, 0.05) is 19.6 Å². The zero-order chi connectivity index (χ0) is 21.4. The van der Waals surface area contributed by atoms with Crippen molar-refractivity contribution in [2.75, 3.05) is 26.2 Å². The van der Waals surface area contributed by atoms with Crippen LogP contribution in [0.4, 0.5) is 0 Å². The van der Waals surface area contributed by atoms with Crippen molar-refractivity contribution >= 4 is 22.7 Å². The van der Waals surface area contributed by atoms with Crippen molar-refractivity contribution in [2.45, 2.75) is 19.4 Å². The van der Waals surface area contributed by atoms with Crippen LogP contribution in [0.25, 0.3) is 10.9 Å². The summed E-state index contributed by atoms with van der Waals surface area (Å²) >= 11 is 0. The van der Waals surface area contributed by atoms with Gasteiger partial charge in [-0.25, -0.2) is 4.98 Å². The van der Waals surface area contributed by atoms with Crippen molar-refractivity contribution in [2.24, 2.45) is 5.92 Å². The number of hydrogen-bond acceptors (Lipinski definition) is 5. The molecule has 3 aromatic rings. The van der Waals surface area contributed by atoms with Crippen molar-refractivity contribution < 1.29 is 9.59 Å². The van der Waals surface area contributed by atoms with E-state index >= 15 is 0 Å². The van der Waals surface area contributed by atoms with Crippen LogP contribution in [0.2, 0.25) is 0 Å². The monoisotopic (exact) mass is 416 g/mol. The number of likely N-dealkylation sites (tertiary alicyclic amines) is 1. The Morgan fingerprint density at radius 2 is 1.48 bits per heavy atom. The Hall–Kier alpha value is -3.32. The second-order valence-corrected chi connectivity index (χ2v) is 8.31. The zero-order valence-electron chi connectivity index (χ0n) is 17.2. The largest absolute Gasteiger partial charge is 0.302 e. The first kappa shape index (κ1) is 19.6. The van der Waals surface area contributed by atoms with Crippen LogP contribution in [0.15, 0.2) is 59.7 Å². The third-order valence-corrected chi connectivity index (χ3v) is 6.41. The Bertz CT molecular complexity index is 1180. The van der Waals surface area contributed by atoms with Gasteiger partial charge >= 0.3 is 0 Å². The lowest BCUT2D eigenvalue weighted by Crippen LogP contribution is -2.42. The SMILES string of the molecule is O=C1c2ccccc2C(=O)N1CCN1CCC(Cn2cnc3ccccc3c2=O)CC1. The molecule has 0 spiro atoms. The van der Waals surface area contributed by atoms with Gasteiger partial charge in [0.05, 0.1) is 28.4 Å². The van der Waals surface area contributed by atoms with E-state index in [1.165, 1.54) is 4.90 Å². The number of amides is 2. The second kappa shape index (κ2) is 8.07. The molecule has 1 fully saturated rings. The topological polar surface area (TPSA) is 75.5 Å². The molecule has 0 aliphatic carbocycles. The van der Waals surface area contributed by atoms with Gasteiger partial charge in [-0.05, 0) is 56.1 Å². The van der Waals surface area contributed by atoms with Crippen LogP contribution in [0.5, 0.6) is 0 Å². The third-order valence-electron chi connectivity index (χ3n) is 6.41. The fourth-order valence-corrected chi connectivity index (χ4v) is 4.59. The molecule has 2 aliphatic heterocycles. The number of carbonyl (C=O) groups is 2. The van der Waals surface area contributed by atoms with Crippen LogP contribution in [-0.2, 0) is 6.54 Å². The van der Waals surface area contributed by atoms with E-state index in [9.17, 15) is 14.4 Å². The molecule has 7 nitrogen and oxygen atoms in total. The summed E-state index contributed by atoms with van der Waals surface area (Å²) < 4.78 is 1.72. The number of aromatic nitrogens is 2. The van der Waals surface area contributed by atoms with Crippen LogP contribution in [0.1, 0.15) is 33.6 Å². The average Bonchev–Trinajstić information content (AvgIpc) is 3.05. The summed E-state index contributed by atoms with van der Waals surface area (Å²) in [4.78, 5) is 45.8. The highest BCUT2D eigenvalue weighted by Gasteiger charge is 2.35. The van der Waals surface area contributed by atoms with Crippen LogP contribution < -0.4 is 5.56 Å². The molecule has 2 amide bonds. The number of fused-ring (bicyclic) bond motifs is 2. The van der Waals surface area contributed by atoms with E-state index in [0.29, 0.717) is 42.1 Å². The van der Waals surface area contributed by atoms with Crippen LogP contribution >= 0.6 is 0 Å². The lowest BCUT2D eigenvalue weighted by Gasteiger charge is -2.32. The Labute approximate surface area is 179 Å². The Morgan fingerprint density at radius 1 is 0.839 bits per heavy atom. The molecule has 31 heavy (non-hydrogen) atoms. The van der Waals surface area contributed by atoms with E-state index in [0.717, 1.165) is 31.4 Å². The summed E-state index contributed by atoms with van der Waals surface area (Å²) in [5.74, 6) is 0.0218. The fourth-order valence-electron chi connectivity index (χ4n) is 4.59. The first-order chi connectivity index (χ1) is 15.1. The van der Waals surface area contributed by atoms with Crippen molar-refractivity contribution in [1.82, 2.24) is 19.4 Å². The molecule has 1 aromatic heterocycles. The molecule has 2 aromatic carbocycles. The van der Waals surface area contributed by atoms with Gasteiger partial charge in [0.25, 0.3) is 17.4 Å². The molecular formula is C24H24N4O3. The van der Waals surface area contributed by atoms with Gasteiger partial charge in [0.2, 0.25) is 0 Å².